The van der Waals surface area contributed by atoms with Crippen LogP contribution in [0.3, 0.4) is 0 Å². The molecule has 3 atom stereocenters. The lowest BCUT2D eigenvalue weighted by Crippen LogP contribution is -2.45. The summed E-state index contributed by atoms with van der Waals surface area (Å²) in [5, 5.41) is 11.1. The molecule has 2 aromatic rings. The zero-order valence-electron chi connectivity index (χ0n) is 15.8. The number of nitrogen functional groups attached to an aromatic ring is 1. The van der Waals surface area contributed by atoms with Crippen LogP contribution in [0, 0.1) is 17.7 Å². The maximum absolute atomic E-state index is 13.9. The summed E-state index contributed by atoms with van der Waals surface area (Å²) in [5.41, 5.74) is 9.44. The molecule has 3 N–H and O–H groups in total. The Hall–Kier alpha value is -1.91. The molecule has 0 bridgehead atoms. The van der Waals surface area contributed by atoms with Crippen LogP contribution in [0.4, 0.5) is 10.1 Å². The van der Waals surface area contributed by atoms with E-state index in [2.05, 4.69) is 36.1 Å². The first-order chi connectivity index (χ1) is 12.9. The van der Waals surface area contributed by atoms with Crippen molar-refractivity contribution in [1.82, 2.24) is 4.90 Å². The normalized spacial score (nSPS) is 30.9. The Labute approximate surface area is 160 Å². The van der Waals surface area contributed by atoms with Crippen LogP contribution >= 0.6 is 0 Å². The molecule has 1 heterocycles. The fourth-order valence-electron chi connectivity index (χ4n) is 6.18. The maximum atomic E-state index is 13.9. The standard InChI is InChI=1S/C23H27FN2O/c1-2-23(17-7-18(24)9-19(25)8-17)20-12-26(13-21(20)23)14-22(27)10-15-5-3-4-6-16(15)11-22/h3-9,20-21,27H,2,10-14,25H2,1H3/t20-,21+,23?. The molecule has 1 aliphatic heterocycles. The van der Waals surface area contributed by atoms with Gasteiger partial charge in [-0.3, -0.25) is 4.90 Å². The van der Waals surface area contributed by atoms with Gasteiger partial charge in [0.2, 0.25) is 0 Å². The van der Waals surface area contributed by atoms with Crippen molar-refractivity contribution in [3.05, 3.63) is 65.0 Å². The van der Waals surface area contributed by atoms with E-state index >= 15 is 0 Å². The number of nitrogens with zero attached hydrogens (tertiary/aromatic N) is 1. The van der Waals surface area contributed by atoms with Crippen LogP contribution < -0.4 is 5.73 Å². The van der Waals surface area contributed by atoms with E-state index in [0.29, 0.717) is 17.5 Å². The highest BCUT2D eigenvalue weighted by Gasteiger charge is 2.67. The van der Waals surface area contributed by atoms with Crippen LogP contribution in [0.5, 0.6) is 0 Å². The van der Waals surface area contributed by atoms with Crippen LogP contribution in [0.15, 0.2) is 42.5 Å². The zero-order valence-corrected chi connectivity index (χ0v) is 15.8. The number of halogens is 1. The van der Waals surface area contributed by atoms with Crippen LogP contribution in [0.25, 0.3) is 0 Å². The second kappa shape index (κ2) is 5.79. The predicted octanol–water partition coefficient (Wildman–Crippen LogP) is 3.15. The molecule has 1 saturated heterocycles. The number of aliphatic hydroxyl groups is 1. The van der Waals surface area contributed by atoms with E-state index < -0.39 is 5.60 Å². The van der Waals surface area contributed by atoms with Crippen molar-refractivity contribution < 1.29 is 9.50 Å². The molecule has 1 unspecified atom stereocenters. The van der Waals surface area contributed by atoms with Crippen molar-refractivity contribution in [2.24, 2.45) is 11.8 Å². The minimum Gasteiger partial charge on any atom is -0.399 e. The number of likely N-dealkylation sites (tertiary alicyclic amines) is 1. The monoisotopic (exact) mass is 366 g/mol. The fraction of sp³-hybridized carbons (Fsp3) is 0.478. The van der Waals surface area contributed by atoms with Crippen molar-refractivity contribution in [3.8, 4) is 0 Å². The molecule has 1 saturated carbocycles. The number of benzene rings is 2. The minimum absolute atomic E-state index is 0.0635. The number of nitrogens with two attached hydrogens (primary N) is 1. The van der Waals surface area contributed by atoms with E-state index in [1.54, 1.807) is 6.07 Å². The van der Waals surface area contributed by atoms with Crippen LogP contribution in [0.2, 0.25) is 0 Å². The number of anilines is 1. The van der Waals surface area contributed by atoms with Crippen molar-refractivity contribution in [1.29, 1.82) is 0 Å². The third-order valence-electron chi connectivity index (χ3n) is 7.33. The number of hydrogen-bond donors (Lipinski definition) is 2. The number of hydrogen-bond acceptors (Lipinski definition) is 3. The summed E-state index contributed by atoms with van der Waals surface area (Å²) in [6, 6.07) is 13.4. The highest BCUT2D eigenvalue weighted by Crippen LogP contribution is 2.65. The summed E-state index contributed by atoms with van der Waals surface area (Å²) in [4.78, 5) is 2.41. The summed E-state index contributed by atoms with van der Waals surface area (Å²) in [6.07, 6.45) is 2.50. The molecule has 2 fully saturated rings. The van der Waals surface area contributed by atoms with Gasteiger partial charge < -0.3 is 10.8 Å². The Bertz CT molecular complexity index is 838. The van der Waals surface area contributed by atoms with E-state index in [1.165, 1.54) is 17.2 Å². The summed E-state index contributed by atoms with van der Waals surface area (Å²) in [7, 11) is 0. The molecule has 0 aromatic heterocycles. The first kappa shape index (κ1) is 17.2. The summed E-state index contributed by atoms with van der Waals surface area (Å²) in [5.74, 6) is 0.838. The molecule has 27 heavy (non-hydrogen) atoms. The lowest BCUT2D eigenvalue weighted by molar-refractivity contribution is 0.0139. The van der Waals surface area contributed by atoms with Crippen LogP contribution in [0.1, 0.15) is 30.0 Å². The Morgan fingerprint density at radius 1 is 1.11 bits per heavy atom. The second-order valence-electron chi connectivity index (χ2n) is 8.92. The molecule has 2 aromatic carbocycles. The van der Waals surface area contributed by atoms with Gasteiger partial charge in [-0.2, -0.15) is 0 Å². The highest BCUT2D eigenvalue weighted by atomic mass is 19.1. The Morgan fingerprint density at radius 2 is 1.74 bits per heavy atom. The van der Waals surface area contributed by atoms with Gasteiger partial charge in [0.05, 0.1) is 5.60 Å². The number of rotatable bonds is 4. The second-order valence-corrected chi connectivity index (χ2v) is 8.92. The van der Waals surface area contributed by atoms with Gasteiger partial charge in [0, 0.05) is 43.6 Å². The molecular formula is C23H27FN2O. The summed E-state index contributed by atoms with van der Waals surface area (Å²) < 4.78 is 13.9. The Morgan fingerprint density at radius 3 is 2.30 bits per heavy atom. The molecule has 2 aliphatic carbocycles. The SMILES string of the molecule is CCC1(c2cc(N)cc(F)c2)[C@@H]2CN(CC3(O)Cc4ccccc4C3)C[C@@H]21. The largest absolute Gasteiger partial charge is 0.399 e. The van der Waals surface area contributed by atoms with Gasteiger partial charge in [-0.05, 0) is 53.1 Å². The van der Waals surface area contributed by atoms with Gasteiger partial charge in [-0.1, -0.05) is 31.2 Å². The molecule has 3 nitrogen and oxygen atoms in total. The number of fused-ring (bicyclic) bond motifs is 2. The summed E-state index contributed by atoms with van der Waals surface area (Å²) in [6.45, 7) is 4.88. The Balaban J connectivity index is 1.29. The third kappa shape index (κ3) is 2.61. The lowest BCUT2D eigenvalue weighted by Gasteiger charge is -2.32. The average molecular weight is 366 g/mol. The van der Waals surface area contributed by atoms with Gasteiger partial charge in [-0.15, -0.1) is 0 Å². The van der Waals surface area contributed by atoms with Gasteiger partial charge >= 0.3 is 0 Å². The van der Waals surface area contributed by atoms with Gasteiger partial charge in [0.15, 0.2) is 0 Å². The van der Waals surface area contributed by atoms with E-state index in [1.807, 2.05) is 6.07 Å². The molecule has 3 aliphatic rings. The van der Waals surface area contributed by atoms with Crippen molar-refractivity contribution in [2.45, 2.75) is 37.2 Å². The molecule has 4 heteroatoms. The van der Waals surface area contributed by atoms with Gasteiger partial charge in [0.1, 0.15) is 5.82 Å². The average Bonchev–Trinajstić information content (AvgIpc) is 2.90. The molecule has 142 valence electrons. The quantitative estimate of drug-likeness (QED) is 0.818. The predicted molar refractivity (Wildman–Crippen MR) is 105 cm³/mol. The molecule has 0 spiro atoms. The molecule has 0 radical (unpaired) electrons. The van der Waals surface area contributed by atoms with E-state index in [4.69, 9.17) is 5.73 Å². The number of piperidine rings is 1. The topological polar surface area (TPSA) is 49.5 Å². The van der Waals surface area contributed by atoms with Crippen molar-refractivity contribution >= 4 is 5.69 Å². The van der Waals surface area contributed by atoms with Crippen LogP contribution in [-0.4, -0.2) is 35.2 Å². The minimum atomic E-state index is -0.654. The lowest BCUT2D eigenvalue weighted by atomic mass is 9.87. The zero-order chi connectivity index (χ0) is 18.8. The van der Waals surface area contributed by atoms with Crippen molar-refractivity contribution in [2.75, 3.05) is 25.4 Å². The van der Waals surface area contributed by atoms with Crippen LogP contribution in [-0.2, 0) is 18.3 Å². The van der Waals surface area contributed by atoms with Gasteiger partial charge in [0.25, 0.3) is 0 Å². The molecule has 0 amide bonds. The Kier molecular flexibility index (Phi) is 3.69. The van der Waals surface area contributed by atoms with E-state index in [-0.39, 0.29) is 11.2 Å². The molecular weight excluding hydrogens is 339 g/mol. The van der Waals surface area contributed by atoms with E-state index in [9.17, 15) is 9.50 Å². The first-order valence-electron chi connectivity index (χ1n) is 10.0. The third-order valence-corrected chi connectivity index (χ3v) is 7.33. The van der Waals surface area contributed by atoms with E-state index in [0.717, 1.165) is 44.5 Å². The first-order valence-corrected chi connectivity index (χ1v) is 10.0. The number of β-amino-alcohol motifs (C(OH)–C–C–N with tert-alkyl or cyclic N) is 1. The maximum Gasteiger partial charge on any atom is 0.125 e. The summed E-state index contributed by atoms with van der Waals surface area (Å²) >= 11 is 0. The highest BCUT2D eigenvalue weighted by molar-refractivity contribution is 5.48. The van der Waals surface area contributed by atoms with Crippen molar-refractivity contribution in [3.63, 3.8) is 0 Å². The molecule has 5 rings (SSSR count). The smallest absolute Gasteiger partial charge is 0.125 e. The fourth-order valence-corrected chi connectivity index (χ4v) is 6.18. The van der Waals surface area contributed by atoms with Gasteiger partial charge in [-0.25, -0.2) is 4.39 Å².